The van der Waals surface area contributed by atoms with Crippen LogP contribution in [0.4, 0.5) is 0 Å². The molecule has 0 aliphatic rings. The molecule has 3 N–H and O–H groups in total. The van der Waals surface area contributed by atoms with Gasteiger partial charge in [-0.2, -0.15) is 5.10 Å². The van der Waals surface area contributed by atoms with Crippen LogP contribution in [0.25, 0.3) is 0 Å². The Labute approximate surface area is 95.9 Å². The lowest BCUT2D eigenvalue weighted by molar-refractivity contribution is 0.481. The molecule has 0 aliphatic carbocycles. The van der Waals surface area contributed by atoms with Gasteiger partial charge in [-0.05, 0) is 5.92 Å². The third kappa shape index (κ3) is 3.29. The molecular formula is C9H18N4O2S. The maximum atomic E-state index is 11.8. The fraction of sp³-hybridized carbons (Fsp3) is 0.667. The second-order valence-corrected chi connectivity index (χ2v) is 5.88. The number of rotatable bonds is 5. The van der Waals surface area contributed by atoms with Gasteiger partial charge < -0.3 is 5.73 Å². The Morgan fingerprint density at radius 2 is 2.19 bits per heavy atom. The van der Waals surface area contributed by atoms with Crippen molar-refractivity contribution in [1.29, 1.82) is 0 Å². The Hall–Kier alpha value is -0.920. The van der Waals surface area contributed by atoms with Gasteiger partial charge in [0.1, 0.15) is 4.90 Å². The molecule has 0 aliphatic heterocycles. The minimum Gasteiger partial charge on any atom is -0.326 e. The first-order valence-electron chi connectivity index (χ1n) is 5.07. The number of hydrogen-bond donors (Lipinski definition) is 2. The van der Waals surface area contributed by atoms with Crippen molar-refractivity contribution < 1.29 is 8.42 Å². The molecule has 1 unspecified atom stereocenters. The third-order valence-electron chi connectivity index (χ3n) is 2.36. The first-order valence-corrected chi connectivity index (χ1v) is 6.55. The van der Waals surface area contributed by atoms with Gasteiger partial charge in [0.15, 0.2) is 0 Å². The summed E-state index contributed by atoms with van der Waals surface area (Å²) >= 11 is 0. The van der Waals surface area contributed by atoms with Crippen LogP contribution < -0.4 is 10.5 Å². The highest BCUT2D eigenvalue weighted by Gasteiger charge is 2.17. The highest BCUT2D eigenvalue weighted by Crippen LogP contribution is 2.06. The van der Waals surface area contributed by atoms with Crippen molar-refractivity contribution in [2.24, 2.45) is 18.7 Å². The lowest BCUT2D eigenvalue weighted by Gasteiger charge is -2.15. The molecule has 7 heteroatoms. The average molecular weight is 246 g/mol. The highest BCUT2D eigenvalue weighted by molar-refractivity contribution is 7.89. The SMILES string of the molecule is CC(C)C(N)CNS(=O)(=O)c1cnn(C)c1. The van der Waals surface area contributed by atoms with E-state index < -0.39 is 10.0 Å². The largest absolute Gasteiger partial charge is 0.326 e. The zero-order valence-corrected chi connectivity index (χ0v) is 10.5. The van der Waals surface area contributed by atoms with Crippen molar-refractivity contribution in [3.8, 4) is 0 Å². The van der Waals surface area contributed by atoms with Crippen molar-refractivity contribution in [3.05, 3.63) is 12.4 Å². The van der Waals surface area contributed by atoms with Crippen LogP contribution in [-0.2, 0) is 17.1 Å². The number of nitrogens with one attached hydrogen (secondary N) is 1. The second-order valence-electron chi connectivity index (χ2n) is 4.11. The van der Waals surface area contributed by atoms with Crippen LogP contribution in [0.15, 0.2) is 17.3 Å². The first-order chi connectivity index (χ1) is 7.33. The standard InChI is InChI=1S/C9H18N4O2S/c1-7(2)9(10)5-12-16(14,15)8-4-11-13(3)6-8/h4,6-7,9,12H,5,10H2,1-3H3. The highest BCUT2D eigenvalue weighted by atomic mass is 32.2. The third-order valence-corrected chi connectivity index (χ3v) is 3.73. The predicted octanol–water partition coefficient (Wildman–Crippen LogP) is -0.318. The van der Waals surface area contributed by atoms with Gasteiger partial charge in [-0.3, -0.25) is 4.68 Å². The second kappa shape index (κ2) is 4.94. The molecular weight excluding hydrogens is 228 g/mol. The number of aromatic nitrogens is 2. The Bertz CT molecular complexity index is 438. The lowest BCUT2D eigenvalue weighted by atomic mass is 10.1. The normalized spacial score (nSPS) is 14.3. The molecule has 1 aromatic heterocycles. The van der Waals surface area contributed by atoms with E-state index >= 15 is 0 Å². The average Bonchev–Trinajstić information content (AvgIpc) is 2.61. The van der Waals surface area contributed by atoms with Gasteiger partial charge >= 0.3 is 0 Å². The molecule has 1 heterocycles. The fourth-order valence-corrected chi connectivity index (χ4v) is 2.12. The van der Waals surface area contributed by atoms with E-state index in [0.717, 1.165) is 0 Å². The van der Waals surface area contributed by atoms with Crippen LogP contribution in [0.5, 0.6) is 0 Å². The van der Waals surface area contributed by atoms with E-state index in [2.05, 4.69) is 9.82 Å². The summed E-state index contributed by atoms with van der Waals surface area (Å²) < 4.78 is 27.4. The van der Waals surface area contributed by atoms with Gasteiger partial charge in [0.05, 0.1) is 6.20 Å². The maximum absolute atomic E-state index is 11.8. The quantitative estimate of drug-likeness (QED) is 0.745. The number of hydrogen-bond acceptors (Lipinski definition) is 4. The molecule has 0 fully saturated rings. The maximum Gasteiger partial charge on any atom is 0.243 e. The van der Waals surface area contributed by atoms with Crippen LogP contribution in [0.1, 0.15) is 13.8 Å². The summed E-state index contributed by atoms with van der Waals surface area (Å²) in [6, 6.07) is -0.188. The van der Waals surface area contributed by atoms with Crippen molar-refractivity contribution in [3.63, 3.8) is 0 Å². The predicted molar refractivity (Wildman–Crippen MR) is 61.2 cm³/mol. The van der Waals surface area contributed by atoms with Gasteiger partial charge in [-0.15, -0.1) is 0 Å². The minimum atomic E-state index is -3.48. The Morgan fingerprint density at radius 3 is 2.62 bits per heavy atom. The summed E-state index contributed by atoms with van der Waals surface area (Å²) in [6.45, 7) is 4.13. The van der Waals surface area contributed by atoms with E-state index in [-0.39, 0.29) is 23.4 Å². The summed E-state index contributed by atoms with van der Waals surface area (Å²) in [5.74, 6) is 0.233. The topological polar surface area (TPSA) is 90.0 Å². The smallest absolute Gasteiger partial charge is 0.243 e. The van der Waals surface area contributed by atoms with Crippen LogP contribution in [0.2, 0.25) is 0 Å². The molecule has 0 saturated heterocycles. The van der Waals surface area contributed by atoms with Gasteiger partial charge in [0, 0.05) is 25.8 Å². The Kier molecular flexibility index (Phi) is 4.06. The number of nitrogens with zero attached hydrogens (tertiary/aromatic N) is 2. The van der Waals surface area contributed by atoms with Gasteiger partial charge in [0.25, 0.3) is 0 Å². The molecule has 6 nitrogen and oxygen atoms in total. The van der Waals surface area contributed by atoms with Crippen LogP contribution >= 0.6 is 0 Å². The van der Waals surface area contributed by atoms with Crippen LogP contribution in [0, 0.1) is 5.92 Å². The summed E-state index contributed by atoms with van der Waals surface area (Å²) in [7, 11) is -1.82. The molecule has 0 amide bonds. The summed E-state index contributed by atoms with van der Waals surface area (Å²) in [5.41, 5.74) is 5.76. The molecule has 1 atom stereocenters. The van der Waals surface area contributed by atoms with E-state index in [4.69, 9.17) is 5.73 Å². The lowest BCUT2D eigenvalue weighted by Crippen LogP contribution is -2.40. The molecule has 0 spiro atoms. The first kappa shape index (κ1) is 13.1. The van der Waals surface area contributed by atoms with E-state index in [9.17, 15) is 8.42 Å². The molecule has 1 aromatic rings. The zero-order valence-electron chi connectivity index (χ0n) is 9.71. The molecule has 0 saturated carbocycles. The number of aryl methyl sites for hydroxylation is 1. The van der Waals surface area contributed by atoms with Crippen LogP contribution in [0.3, 0.4) is 0 Å². The fourth-order valence-electron chi connectivity index (χ4n) is 1.06. The summed E-state index contributed by atoms with van der Waals surface area (Å²) in [6.07, 6.45) is 2.76. The number of nitrogens with two attached hydrogens (primary N) is 1. The van der Waals surface area contributed by atoms with E-state index in [1.54, 1.807) is 7.05 Å². The minimum absolute atomic E-state index is 0.158. The molecule has 0 bridgehead atoms. The summed E-state index contributed by atoms with van der Waals surface area (Å²) in [5, 5.41) is 3.81. The molecule has 1 rings (SSSR count). The molecule has 92 valence electrons. The number of sulfonamides is 1. The summed E-state index contributed by atoms with van der Waals surface area (Å²) in [4.78, 5) is 0.158. The van der Waals surface area contributed by atoms with E-state index in [1.165, 1.54) is 17.1 Å². The van der Waals surface area contributed by atoms with Gasteiger partial charge in [0.2, 0.25) is 10.0 Å². The molecule has 16 heavy (non-hydrogen) atoms. The van der Waals surface area contributed by atoms with Crippen molar-refractivity contribution >= 4 is 10.0 Å². The Morgan fingerprint density at radius 1 is 1.56 bits per heavy atom. The van der Waals surface area contributed by atoms with Crippen molar-refractivity contribution in [2.75, 3.05) is 6.54 Å². The monoisotopic (exact) mass is 246 g/mol. The van der Waals surface area contributed by atoms with Crippen molar-refractivity contribution in [2.45, 2.75) is 24.8 Å². The molecule has 0 aromatic carbocycles. The van der Waals surface area contributed by atoms with Crippen LogP contribution in [-0.4, -0.2) is 30.8 Å². The van der Waals surface area contributed by atoms with Gasteiger partial charge in [-0.25, -0.2) is 13.1 Å². The van der Waals surface area contributed by atoms with E-state index in [0.29, 0.717) is 0 Å². The molecule has 0 radical (unpaired) electrons. The zero-order chi connectivity index (χ0) is 12.3. The van der Waals surface area contributed by atoms with E-state index in [1.807, 2.05) is 13.8 Å². The van der Waals surface area contributed by atoms with Gasteiger partial charge in [-0.1, -0.05) is 13.8 Å². The van der Waals surface area contributed by atoms with Crippen molar-refractivity contribution in [1.82, 2.24) is 14.5 Å². The Balaban J connectivity index is 2.67.